The second-order valence-electron chi connectivity index (χ2n) is 9.14. The Hall–Kier alpha value is -2.90. The fourth-order valence-corrected chi connectivity index (χ4v) is 3.98. The molecule has 0 saturated heterocycles. The first-order chi connectivity index (χ1) is 15.0. The molecular weight excluding hydrogens is 417 g/mol. The molecule has 2 aromatic heterocycles. The molecule has 4 rings (SSSR count). The van der Waals surface area contributed by atoms with E-state index in [1.54, 1.807) is 24.3 Å². The smallest absolute Gasteiger partial charge is 0.345 e. The van der Waals surface area contributed by atoms with Crippen molar-refractivity contribution in [3.63, 3.8) is 0 Å². The minimum Gasteiger partial charge on any atom is -0.345 e. The van der Waals surface area contributed by atoms with Crippen LogP contribution in [0.25, 0.3) is 10.9 Å². The van der Waals surface area contributed by atoms with Gasteiger partial charge in [-0.25, -0.2) is 0 Å². The molecule has 1 aliphatic carbocycles. The molecule has 5 nitrogen and oxygen atoms in total. The maximum absolute atomic E-state index is 13.3. The molecule has 0 bridgehead atoms. The second kappa shape index (κ2) is 7.90. The van der Waals surface area contributed by atoms with Crippen LogP contribution >= 0.6 is 0 Å². The van der Waals surface area contributed by atoms with Gasteiger partial charge in [-0.2, -0.15) is 18.3 Å². The van der Waals surface area contributed by atoms with Crippen molar-refractivity contribution in [1.29, 1.82) is 0 Å². The average Bonchev–Trinajstić information content (AvgIpc) is 3.06. The Kier molecular flexibility index (Phi) is 5.51. The number of amides is 1. The van der Waals surface area contributed by atoms with E-state index in [0.717, 1.165) is 37.9 Å². The topological polar surface area (TPSA) is 59.8 Å². The van der Waals surface area contributed by atoms with Crippen LogP contribution < -0.4 is 5.32 Å². The molecule has 32 heavy (non-hydrogen) atoms. The van der Waals surface area contributed by atoms with Crippen LogP contribution in [-0.4, -0.2) is 26.8 Å². The van der Waals surface area contributed by atoms with Gasteiger partial charge < -0.3 is 5.32 Å². The van der Waals surface area contributed by atoms with Gasteiger partial charge in [-0.05, 0) is 71.2 Å². The molecule has 1 fully saturated rings. The van der Waals surface area contributed by atoms with Crippen molar-refractivity contribution in [1.82, 2.24) is 20.1 Å². The number of nitrogens with one attached hydrogen (secondary N) is 1. The highest BCUT2D eigenvalue weighted by molar-refractivity contribution is 5.98. The van der Waals surface area contributed by atoms with Crippen LogP contribution in [0.15, 0.2) is 36.5 Å². The molecule has 2 heterocycles. The molecule has 1 aromatic carbocycles. The Morgan fingerprint density at radius 3 is 2.53 bits per heavy atom. The van der Waals surface area contributed by atoms with Crippen LogP contribution in [0, 0.1) is 6.92 Å². The van der Waals surface area contributed by atoms with Crippen molar-refractivity contribution in [3.8, 4) is 0 Å². The summed E-state index contributed by atoms with van der Waals surface area (Å²) in [7, 11) is 0. The number of fused-ring (bicyclic) bond motifs is 1. The van der Waals surface area contributed by atoms with Crippen molar-refractivity contribution in [2.24, 2.45) is 0 Å². The first kappa shape index (κ1) is 22.3. The summed E-state index contributed by atoms with van der Waals surface area (Å²) < 4.78 is 42.1. The summed E-state index contributed by atoms with van der Waals surface area (Å²) in [6, 6.07) is 8.01. The molecule has 8 heteroatoms. The lowest BCUT2D eigenvalue weighted by Gasteiger charge is -2.27. The number of halogens is 3. The minimum atomic E-state index is -4.41. The fourth-order valence-electron chi connectivity index (χ4n) is 3.98. The zero-order valence-corrected chi connectivity index (χ0v) is 18.6. The van der Waals surface area contributed by atoms with E-state index in [1.807, 2.05) is 24.7 Å². The highest BCUT2D eigenvalue weighted by Crippen LogP contribution is 2.40. The van der Waals surface area contributed by atoms with E-state index >= 15 is 0 Å². The SMILES string of the molecule is Cc1c(C(C)NC(=O)c2ccc3nc(C(C)(C)C(F)(F)F)ccc3c2)cnn1C1CCC1. The average molecular weight is 445 g/mol. The quantitative estimate of drug-likeness (QED) is 0.541. The summed E-state index contributed by atoms with van der Waals surface area (Å²) >= 11 is 0. The van der Waals surface area contributed by atoms with Gasteiger partial charge in [0.2, 0.25) is 0 Å². The lowest BCUT2D eigenvalue weighted by Crippen LogP contribution is -2.37. The third-order valence-corrected chi connectivity index (χ3v) is 6.62. The number of benzene rings is 1. The summed E-state index contributed by atoms with van der Waals surface area (Å²) in [6.07, 6.45) is 0.893. The van der Waals surface area contributed by atoms with Gasteiger partial charge in [0, 0.05) is 22.2 Å². The van der Waals surface area contributed by atoms with Crippen LogP contribution in [0.2, 0.25) is 0 Å². The highest BCUT2D eigenvalue weighted by Gasteiger charge is 2.49. The number of carbonyl (C=O) groups is 1. The predicted molar refractivity (Wildman–Crippen MR) is 117 cm³/mol. The van der Waals surface area contributed by atoms with E-state index in [4.69, 9.17) is 0 Å². The van der Waals surface area contributed by atoms with E-state index in [2.05, 4.69) is 15.4 Å². The third kappa shape index (κ3) is 3.87. The second-order valence-corrected chi connectivity index (χ2v) is 9.14. The van der Waals surface area contributed by atoms with Crippen LogP contribution in [0.3, 0.4) is 0 Å². The van der Waals surface area contributed by atoms with Gasteiger partial charge in [0.1, 0.15) is 5.41 Å². The van der Waals surface area contributed by atoms with Crippen LogP contribution in [0.4, 0.5) is 13.2 Å². The summed E-state index contributed by atoms with van der Waals surface area (Å²) in [5.41, 5.74) is 0.771. The number of rotatable bonds is 5. The summed E-state index contributed by atoms with van der Waals surface area (Å²) in [6.45, 7) is 6.16. The highest BCUT2D eigenvalue weighted by atomic mass is 19.4. The standard InChI is InChI=1S/C24H27F3N4O/c1-14(19-13-28-31(15(19)2)18-6-5-7-18)29-22(32)17-8-10-20-16(12-17)9-11-21(30-20)23(3,4)24(25,26)27/h8-14,18H,5-7H2,1-4H3,(H,29,32). The lowest BCUT2D eigenvalue weighted by molar-refractivity contribution is -0.181. The monoisotopic (exact) mass is 444 g/mol. The van der Waals surface area contributed by atoms with Crippen molar-refractivity contribution in [2.75, 3.05) is 0 Å². The molecule has 1 atom stereocenters. The molecule has 1 unspecified atom stereocenters. The maximum atomic E-state index is 13.3. The van der Waals surface area contributed by atoms with E-state index in [1.165, 1.54) is 12.5 Å². The molecule has 1 aliphatic rings. The van der Waals surface area contributed by atoms with Gasteiger partial charge in [0.15, 0.2) is 0 Å². The number of pyridine rings is 1. The Labute approximate surface area is 185 Å². The number of carbonyl (C=O) groups excluding carboxylic acids is 1. The molecule has 0 aliphatic heterocycles. The van der Waals surface area contributed by atoms with Crippen LogP contribution in [0.1, 0.15) is 79.4 Å². The van der Waals surface area contributed by atoms with Gasteiger partial charge in [-0.1, -0.05) is 6.07 Å². The maximum Gasteiger partial charge on any atom is 0.399 e. The van der Waals surface area contributed by atoms with Gasteiger partial charge in [-0.15, -0.1) is 0 Å². The number of nitrogens with zero attached hydrogens (tertiary/aromatic N) is 3. The Balaban J connectivity index is 1.53. The predicted octanol–water partition coefficient (Wildman–Crippen LogP) is 5.80. The van der Waals surface area contributed by atoms with Crippen LogP contribution in [-0.2, 0) is 5.41 Å². The molecule has 0 spiro atoms. The van der Waals surface area contributed by atoms with Crippen LogP contribution in [0.5, 0.6) is 0 Å². The molecule has 1 amide bonds. The molecule has 1 saturated carbocycles. The number of hydrogen-bond donors (Lipinski definition) is 1. The van der Waals surface area contributed by atoms with Gasteiger partial charge in [-0.3, -0.25) is 14.5 Å². The minimum absolute atomic E-state index is 0.0535. The molecule has 3 aromatic rings. The number of alkyl halides is 3. The number of aromatic nitrogens is 3. The molecule has 0 radical (unpaired) electrons. The first-order valence-corrected chi connectivity index (χ1v) is 10.8. The van der Waals surface area contributed by atoms with Gasteiger partial charge >= 0.3 is 6.18 Å². The summed E-state index contributed by atoms with van der Waals surface area (Å²) in [5, 5.41) is 8.11. The van der Waals surface area contributed by atoms with E-state index in [-0.39, 0.29) is 17.6 Å². The number of hydrogen-bond acceptors (Lipinski definition) is 3. The zero-order chi connectivity index (χ0) is 23.3. The Morgan fingerprint density at radius 1 is 1.19 bits per heavy atom. The van der Waals surface area contributed by atoms with Crippen molar-refractivity contribution in [3.05, 3.63) is 59.0 Å². The van der Waals surface area contributed by atoms with Crippen molar-refractivity contribution < 1.29 is 18.0 Å². The zero-order valence-electron chi connectivity index (χ0n) is 18.6. The van der Waals surface area contributed by atoms with Crippen molar-refractivity contribution in [2.45, 2.75) is 70.6 Å². The van der Waals surface area contributed by atoms with E-state index in [9.17, 15) is 18.0 Å². The Bertz CT molecular complexity index is 1160. The van der Waals surface area contributed by atoms with E-state index in [0.29, 0.717) is 22.5 Å². The lowest BCUT2D eigenvalue weighted by atomic mass is 9.87. The summed E-state index contributed by atoms with van der Waals surface area (Å²) in [4.78, 5) is 17.0. The Morgan fingerprint density at radius 2 is 1.91 bits per heavy atom. The first-order valence-electron chi connectivity index (χ1n) is 10.8. The fraction of sp³-hybridized carbons (Fsp3) is 0.458. The molecule has 170 valence electrons. The van der Waals surface area contributed by atoms with Crippen molar-refractivity contribution >= 4 is 16.8 Å². The normalized spacial score (nSPS) is 16.1. The van der Waals surface area contributed by atoms with E-state index < -0.39 is 11.6 Å². The van der Waals surface area contributed by atoms with Gasteiger partial charge in [0.25, 0.3) is 5.91 Å². The molecular formula is C24H27F3N4O. The molecule has 1 N–H and O–H groups in total. The summed E-state index contributed by atoms with van der Waals surface area (Å²) in [5.74, 6) is -0.255. The third-order valence-electron chi connectivity index (χ3n) is 6.62. The van der Waals surface area contributed by atoms with Gasteiger partial charge in [0.05, 0.1) is 29.5 Å². The largest absolute Gasteiger partial charge is 0.399 e.